The zero-order valence-electron chi connectivity index (χ0n) is 24.0. The molecule has 5 atom stereocenters. The third-order valence-electron chi connectivity index (χ3n) is 10.1. The summed E-state index contributed by atoms with van der Waals surface area (Å²) in [6, 6.07) is 4.63. The zero-order chi connectivity index (χ0) is 30.5. The first kappa shape index (κ1) is 30.2. The number of benzene rings is 1. The minimum absolute atomic E-state index is 0.0579. The normalized spacial score (nSPS) is 27.4. The number of rotatable bonds is 10. The SMILES string of the molecule is NC(=O)C(=O)C(CC1CC1)NC(=O)C1C2C(CN1C(=O)[C@@H](NC(=O)NC1CCCCC1)C1Cc3ccccc3C1)C2(Cl)Cl. The number of carbonyl (C=O) groups excluding carboxylic acids is 5. The largest absolute Gasteiger partial charge is 0.363 e. The molecule has 4 unspecified atom stereocenters. The van der Waals surface area contributed by atoms with Gasteiger partial charge in [0.1, 0.15) is 16.4 Å². The molecule has 232 valence electrons. The Morgan fingerprint density at radius 1 is 0.953 bits per heavy atom. The number of hydrogen-bond donors (Lipinski definition) is 4. The van der Waals surface area contributed by atoms with E-state index in [-0.39, 0.29) is 36.2 Å². The second-order valence-corrected chi connectivity index (χ2v) is 14.5. The second-order valence-electron chi connectivity index (χ2n) is 13.1. The van der Waals surface area contributed by atoms with Gasteiger partial charge in [0.15, 0.2) is 0 Å². The Labute approximate surface area is 261 Å². The fourth-order valence-electron chi connectivity index (χ4n) is 7.48. The van der Waals surface area contributed by atoms with Crippen molar-refractivity contribution in [1.29, 1.82) is 0 Å². The molecule has 1 aromatic carbocycles. The average Bonchev–Trinajstić information content (AvgIpc) is 3.73. The van der Waals surface area contributed by atoms with Gasteiger partial charge in [-0.25, -0.2) is 4.79 Å². The lowest BCUT2D eigenvalue weighted by Crippen LogP contribution is -2.60. The lowest BCUT2D eigenvalue weighted by Gasteiger charge is -2.35. The number of nitrogens with one attached hydrogen (secondary N) is 3. The van der Waals surface area contributed by atoms with Crippen LogP contribution in [0.15, 0.2) is 24.3 Å². The van der Waals surface area contributed by atoms with E-state index in [1.54, 1.807) is 0 Å². The van der Waals surface area contributed by atoms with Crippen LogP contribution in [-0.2, 0) is 32.0 Å². The van der Waals surface area contributed by atoms with Crippen LogP contribution in [0.2, 0.25) is 0 Å². The summed E-state index contributed by atoms with van der Waals surface area (Å²) in [6.45, 7) is 0.147. The number of nitrogens with zero attached hydrogens (tertiary/aromatic N) is 1. The standard InChI is InChI=1S/C31H39Cl2N5O5/c32-31(33)21-15-38(25(23(21)31)28(41)36-22(12-16-10-11-16)26(39)27(34)40)29(42)24(19-13-17-6-4-5-7-18(17)14-19)37-30(43)35-20-8-2-1-3-9-20/h4-7,16,19-25H,1-3,8-15H2,(H2,34,40)(H,36,41)(H2,35,37,43)/t21?,22?,23?,24-,25?/m0/s1. The molecule has 12 heteroatoms. The number of nitrogens with two attached hydrogens (primary N) is 1. The van der Waals surface area contributed by atoms with Crippen molar-refractivity contribution in [2.45, 2.75) is 92.7 Å². The number of halogens is 2. The van der Waals surface area contributed by atoms with Crippen LogP contribution >= 0.6 is 23.2 Å². The van der Waals surface area contributed by atoms with Crippen molar-refractivity contribution < 1.29 is 24.0 Å². The third kappa shape index (κ3) is 6.23. The van der Waals surface area contributed by atoms with Crippen LogP contribution < -0.4 is 21.7 Å². The summed E-state index contributed by atoms with van der Waals surface area (Å²) in [5.74, 6) is -3.81. The van der Waals surface area contributed by atoms with Crippen LogP contribution in [0.3, 0.4) is 0 Å². The molecule has 0 radical (unpaired) electrons. The summed E-state index contributed by atoms with van der Waals surface area (Å²) in [5, 5.41) is 8.74. The molecule has 43 heavy (non-hydrogen) atoms. The number of piperidine rings is 1. The first-order chi connectivity index (χ1) is 20.5. The van der Waals surface area contributed by atoms with Crippen molar-refractivity contribution in [3.05, 3.63) is 35.4 Å². The van der Waals surface area contributed by atoms with E-state index in [2.05, 4.69) is 16.0 Å². The number of ketones is 1. The summed E-state index contributed by atoms with van der Waals surface area (Å²) in [5.41, 5.74) is 7.55. The van der Waals surface area contributed by atoms with E-state index in [9.17, 15) is 24.0 Å². The molecule has 0 bridgehead atoms. The fraction of sp³-hybridized carbons (Fsp3) is 0.645. The highest BCUT2D eigenvalue weighted by molar-refractivity contribution is 6.51. The van der Waals surface area contributed by atoms with Crippen molar-refractivity contribution in [3.8, 4) is 0 Å². The Morgan fingerprint density at radius 2 is 1.60 bits per heavy atom. The van der Waals surface area contributed by atoms with Gasteiger partial charge in [-0.3, -0.25) is 19.2 Å². The maximum atomic E-state index is 14.4. The lowest BCUT2D eigenvalue weighted by atomic mass is 9.94. The predicted octanol–water partition coefficient (Wildman–Crippen LogP) is 2.37. The molecule has 10 nitrogen and oxygen atoms in total. The van der Waals surface area contributed by atoms with Crippen LogP contribution in [0.25, 0.3) is 0 Å². The van der Waals surface area contributed by atoms with Gasteiger partial charge in [-0.1, -0.05) is 56.4 Å². The molecule has 4 fully saturated rings. The molecule has 5 N–H and O–H groups in total. The van der Waals surface area contributed by atoms with Crippen molar-refractivity contribution in [3.63, 3.8) is 0 Å². The molecule has 1 aromatic rings. The molecule has 4 aliphatic carbocycles. The summed E-state index contributed by atoms with van der Waals surface area (Å²) in [7, 11) is 0. The second kappa shape index (κ2) is 11.9. The number of carbonyl (C=O) groups is 5. The summed E-state index contributed by atoms with van der Waals surface area (Å²) >= 11 is 13.1. The average molecular weight is 633 g/mol. The van der Waals surface area contributed by atoms with Gasteiger partial charge in [0.05, 0.1) is 6.04 Å². The highest BCUT2D eigenvalue weighted by Crippen LogP contribution is 2.65. The van der Waals surface area contributed by atoms with Crippen molar-refractivity contribution in [2.24, 2.45) is 29.4 Å². The molecular weight excluding hydrogens is 593 g/mol. The molecule has 3 saturated carbocycles. The minimum Gasteiger partial charge on any atom is -0.363 e. The van der Waals surface area contributed by atoms with Crippen LogP contribution in [-0.4, -0.2) is 69.5 Å². The maximum absolute atomic E-state index is 14.4. The highest BCUT2D eigenvalue weighted by atomic mass is 35.5. The van der Waals surface area contributed by atoms with E-state index in [1.807, 2.05) is 24.3 Å². The number of likely N-dealkylation sites (tertiary alicyclic amines) is 1. The van der Waals surface area contributed by atoms with Crippen molar-refractivity contribution in [1.82, 2.24) is 20.9 Å². The predicted molar refractivity (Wildman–Crippen MR) is 160 cm³/mol. The Morgan fingerprint density at radius 3 is 2.21 bits per heavy atom. The summed E-state index contributed by atoms with van der Waals surface area (Å²) < 4.78 is -1.19. The molecule has 1 saturated heterocycles. The van der Waals surface area contributed by atoms with Gasteiger partial charge >= 0.3 is 6.03 Å². The molecule has 1 aliphatic heterocycles. The summed E-state index contributed by atoms with van der Waals surface area (Å²) in [6.07, 6.45) is 8.40. The molecule has 5 aliphatic rings. The van der Waals surface area contributed by atoms with Crippen LogP contribution in [0.5, 0.6) is 0 Å². The maximum Gasteiger partial charge on any atom is 0.315 e. The number of urea groups is 1. The topological polar surface area (TPSA) is 151 Å². The van der Waals surface area contributed by atoms with Gasteiger partial charge < -0.3 is 26.6 Å². The quantitative estimate of drug-likeness (QED) is 0.231. The Hall–Kier alpha value is -2.85. The number of fused-ring (bicyclic) bond motifs is 2. The molecule has 6 rings (SSSR count). The number of hydrogen-bond acceptors (Lipinski definition) is 5. The van der Waals surface area contributed by atoms with Crippen molar-refractivity contribution in [2.75, 3.05) is 6.54 Å². The van der Waals surface area contributed by atoms with E-state index in [0.717, 1.165) is 56.1 Å². The Kier molecular flexibility index (Phi) is 8.37. The Balaban J connectivity index is 1.23. The van der Waals surface area contributed by atoms with Crippen LogP contribution in [0.1, 0.15) is 62.5 Å². The van der Waals surface area contributed by atoms with E-state index in [0.29, 0.717) is 19.3 Å². The third-order valence-corrected chi connectivity index (χ3v) is 11.1. The van der Waals surface area contributed by atoms with Gasteiger partial charge in [-0.05, 0) is 55.1 Å². The summed E-state index contributed by atoms with van der Waals surface area (Å²) in [4.78, 5) is 67.3. The first-order valence-electron chi connectivity index (χ1n) is 15.5. The van der Waals surface area contributed by atoms with Gasteiger partial charge in [-0.15, -0.1) is 23.2 Å². The number of Topliss-reactive ketones (excluding diaryl/α,β-unsaturated/α-hetero) is 1. The van der Waals surface area contributed by atoms with Crippen molar-refractivity contribution >= 4 is 52.7 Å². The molecule has 5 amide bonds. The van der Waals surface area contributed by atoms with Crippen LogP contribution in [0.4, 0.5) is 4.79 Å². The zero-order valence-corrected chi connectivity index (χ0v) is 25.5. The van der Waals surface area contributed by atoms with Gasteiger partial charge in [0.25, 0.3) is 5.91 Å². The number of alkyl halides is 2. The van der Waals surface area contributed by atoms with E-state index >= 15 is 0 Å². The van der Waals surface area contributed by atoms with E-state index < -0.39 is 52.0 Å². The van der Waals surface area contributed by atoms with Gasteiger partial charge in [0.2, 0.25) is 17.6 Å². The van der Waals surface area contributed by atoms with Gasteiger partial charge in [-0.2, -0.15) is 0 Å². The smallest absolute Gasteiger partial charge is 0.315 e. The fourth-order valence-corrected chi connectivity index (χ4v) is 8.31. The van der Waals surface area contributed by atoms with Crippen LogP contribution in [0, 0.1) is 23.7 Å². The van der Waals surface area contributed by atoms with E-state index in [4.69, 9.17) is 28.9 Å². The monoisotopic (exact) mass is 631 g/mol. The first-order valence-corrected chi connectivity index (χ1v) is 16.3. The van der Waals surface area contributed by atoms with E-state index in [1.165, 1.54) is 4.90 Å². The minimum atomic E-state index is -1.19. The molecular formula is C31H39Cl2N5O5. The lowest BCUT2D eigenvalue weighted by molar-refractivity contribution is -0.143. The Bertz CT molecular complexity index is 1290. The molecule has 1 heterocycles. The van der Waals surface area contributed by atoms with Gasteiger partial charge in [0, 0.05) is 24.4 Å². The number of amides is 5. The molecule has 0 aromatic heterocycles. The number of primary amides is 1. The molecule has 0 spiro atoms. The highest BCUT2D eigenvalue weighted by Gasteiger charge is 2.74.